The van der Waals surface area contributed by atoms with Crippen LogP contribution in [0.1, 0.15) is 68.4 Å². The van der Waals surface area contributed by atoms with Crippen molar-refractivity contribution in [3.63, 3.8) is 0 Å². The van der Waals surface area contributed by atoms with Crippen molar-refractivity contribution in [2.24, 2.45) is 0 Å². The van der Waals surface area contributed by atoms with Crippen LogP contribution in [-0.4, -0.2) is 41.9 Å². The molecule has 180 valence electrons. The molecule has 2 aromatic carbocycles. The number of ether oxygens (including phenoxy) is 1. The highest BCUT2D eigenvalue weighted by Crippen LogP contribution is 2.39. The summed E-state index contributed by atoms with van der Waals surface area (Å²) in [7, 11) is 1.46. The molecular weight excluding hydrogens is 424 g/mol. The first-order chi connectivity index (χ1) is 16.6. The predicted octanol–water partition coefficient (Wildman–Crippen LogP) is 5.60. The van der Waals surface area contributed by atoms with Crippen molar-refractivity contribution in [3.05, 3.63) is 59.4 Å². The number of fused-ring (bicyclic) bond motifs is 3. The highest BCUT2D eigenvalue weighted by molar-refractivity contribution is 5.95. The minimum absolute atomic E-state index is 0.115. The summed E-state index contributed by atoms with van der Waals surface area (Å²) in [6, 6.07) is 15.6. The molecule has 0 aliphatic carbocycles. The molecule has 1 amide bonds. The third kappa shape index (κ3) is 4.20. The van der Waals surface area contributed by atoms with Gasteiger partial charge in [-0.05, 0) is 76.2 Å². The molecule has 1 fully saturated rings. The molecule has 5 rings (SSSR count). The molecule has 0 saturated carbocycles. The smallest absolute Gasteiger partial charge is 0.414 e. The zero-order valence-electron chi connectivity index (χ0n) is 20.6. The lowest BCUT2D eigenvalue weighted by Gasteiger charge is -2.34. The van der Waals surface area contributed by atoms with Gasteiger partial charge in [0.2, 0.25) is 0 Å². The van der Waals surface area contributed by atoms with E-state index in [4.69, 9.17) is 9.72 Å². The summed E-state index contributed by atoms with van der Waals surface area (Å²) >= 11 is 0. The standard InChI is InChI=1S/C28H36N4O2/c1-19(18-21-8-5-4-6-9-21)27-30-26-23-12-11-20(2)31(28(33)34-3)24(23)13-14-25(26)32(27)22-10-7-16-29-17-15-22/h4-6,8-9,13-14,19-20,22,29H,7,10-12,15-18H2,1-3H3/t19-,20+,22-/m1/s1. The van der Waals surface area contributed by atoms with E-state index in [1.165, 1.54) is 36.0 Å². The predicted molar refractivity (Wildman–Crippen MR) is 137 cm³/mol. The summed E-state index contributed by atoms with van der Waals surface area (Å²) in [5.41, 5.74) is 5.74. The second-order valence-electron chi connectivity index (χ2n) is 9.92. The van der Waals surface area contributed by atoms with Gasteiger partial charge >= 0.3 is 6.09 Å². The summed E-state index contributed by atoms with van der Waals surface area (Å²) < 4.78 is 7.66. The number of imidazole rings is 1. The van der Waals surface area contributed by atoms with Gasteiger partial charge in [-0.15, -0.1) is 0 Å². The molecule has 3 atom stereocenters. The Hall–Kier alpha value is -2.86. The van der Waals surface area contributed by atoms with E-state index in [9.17, 15) is 4.79 Å². The zero-order chi connectivity index (χ0) is 23.7. The molecule has 1 N–H and O–H groups in total. The van der Waals surface area contributed by atoms with Crippen LogP contribution in [-0.2, 0) is 17.6 Å². The lowest BCUT2D eigenvalue weighted by atomic mass is 9.95. The summed E-state index contributed by atoms with van der Waals surface area (Å²) in [5.74, 6) is 1.46. The van der Waals surface area contributed by atoms with Crippen molar-refractivity contribution in [3.8, 4) is 0 Å². The van der Waals surface area contributed by atoms with Gasteiger partial charge in [-0.1, -0.05) is 37.3 Å². The highest BCUT2D eigenvalue weighted by atomic mass is 16.5. The van der Waals surface area contributed by atoms with E-state index in [2.05, 4.69) is 66.2 Å². The second-order valence-corrected chi connectivity index (χ2v) is 9.92. The van der Waals surface area contributed by atoms with E-state index in [-0.39, 0.29) is 12.1 Å². The maximum Gasteiger partial charge on any atom is 0.414 e. The number of aryl methyl sites for hydroxylation is 1. The quantitative estimate of drug-likeness (QED) is 0.550. The van der Waals surface area contributed by atoms with Crippen LogP contribution in [0.3, 0.4) is 0 Å². The van der Waals surface area contributed by atoms with E-state index in [1.54, 1.807) is 4.90 Å². The monoisotopic (exact) mass is 460 g/mol. The number of amides is 1. The number of nitrogens with zero attached hydrogens (tertiary/aromatic N) is 3. The van der Waals surface area contributed by atoms with Crippen molar-refractivity contribution in [1.29, 1.82) is 0 Å². The lowest BCUT2D eigenvalue weighted by molar-refractivity contribution is 0.175. The summed E-state index contributed by atoms with van der Waals surface area (Å²) in [5, 5.41) is 3.56. The van der Waals surface area contributed by atoms with Gasteiger partial charge in [-0.25, -0.2) is 9.78 Å². The molecule has 0 unspecified atom stereocenters. The Labute approximate surface area is 202 Å². The number of hydrogen-bond donors (Lipinski definition) is 1. The third-order valence-electron chi connectivity index (χ3n) is 7.59. The Morgan fingerprint density at radius 3 is 2.76 bits per heavy atom. The van der Waals surface area contributed by atoms with Gasteiger partial charge in [0.15, 0.2) is 0 Å². The van der Waals surface area contributed by atoms with Crippen LogP contribution < -0.4 is 10.2 Å². The van der Waals surface area contributed by atoms with Crippen LogP contribution in [0.25, 0.3) is 11.0 Å². The number of anilines is 1. The molecule has 1 aromatic heterocycles. The molecule has 3 aromatic rings. The maximum atomic E-state index is 12.6. The number of aromatic nitrogens is 2. The number of carbonyl (C=O) groups excluding carboxylic acids is 1. The van der Waals surface area contributed by atoms with E-state index in [0.717, 1.165) is 56.4 Å². The van der Waals surface area contributed by atoms with Crippen LogP contribution in [0.15, 0.2) is 42.5 Å². The molecule has 3 heterocycles. The van der Waals surface area contributed by atoms with Gasteiger partial charge in [-0.2, -0.15) is 0 Å². The molecule has 0 spiro atoms. The van der Waals surface area contributed by atoms with Crippen LogP contribution >= 0.6 is 0 Å². The first kappa shape index (κ1) is 22.9. The second kappa shape index (κ2) is 9.79. The Morgan fingerprint density at radius 2 is 1.97 bits per heavy atom. The van der Waals surface area contributed by atoms with Gasteiger partial charge in [0, 0.05) is 23.6 Å². The molecule has 2 aliphatic heterocycles. The van der Waals surface area contributed by atoms with Crippen LogP contribution in [0, 0.1) is 0 Å². The Bertz CT molecular complexity index is 1150. The zero-order valence-corrected chi connectivity index (χ0v) is 20.6. The van der Waals surface area contributed by atoms with Gasteiger partial charge in [-0.3, -0.25) is 4.90 Å². The molecule has 6 nitrogen and oxygen atoms in total. The SMILES string of the molecule is COC(=O)N1c2ccc3c(nc([C@H](C)Cc4ccccc4)n3[C@@H]3CCCNCC3)c2CC[C@@H]1C. The fourth-order valence-corrected chi connectivity index (χ4v) is 5.84. The normalized spacial score (nSPS) is 21.7. The maximum absolute atomic E-state index is 12.6. The summed E-state index contributed by atoms with van der Waals surface area (Å²) in [6.07, 6.45) is 5.95. The van der Waals surface area contributed by atoms with Crippen molar-refractivity contribution in [2.75, 3.05) is 25.1 Å². The summed E-state index contributed by atoms with van der Waals surface area (Å²) in [6.45, 7) is 6.51. The third-order valence-corrected chi connectivity index (χ3v) is 7.59. The molecule has 0 bridgehead atoms. The number of nitrogens with one attached hydrogen (secondary N) is 1. The number of carbonyl (C=O) groups is 1. The van der Waals surface area contributed by atoms with Gasteiger partial charge in [0.25, 0.3) is 0 Å². The number of hydrogen-bond acceptors (Lipinski definition) is 4. The van der Waals surface area contributed by atoms with Gasteiger partial charge < -0.3 is 14.6 Å². The number of benzene rings is 2. The fourth-order valence-electron chi connectivity index (χ4n) is 5.84. The van der Waals surface area contributed by atoms with Gasteiger partial charge in [0.05, 0.1) is 23.8 Å². The topological polar surface area (TPSA) is 59.4 Å². The lowest BCUT2D eigenvalue weighted by Crippen LogP contribution is -2.42. The summed E-state index contributed by atoms with van der Waals surface area (Å²) in [4.78, 5) is 19.8. The average Bonchev–Trinajstić information content (AvgIpc) is 3.04. The first-order valence-electron chi connectivity index (χ1n) is 12.7. The molecule has 0 radical (unpaired) electrons. The van der Waals surface area contributed by atoms with Crippen LogP contribution in [0.2, 0.25) is 0 Å². The molecule has 2 aliphatic rings. The van der Waals surface area contributed by atoms with E-state index in [1.807, 2.05) is 0 Å². The van der Waals surface area contributed by atoms with Crippen molar-refractivity contribution < 1.29 is 9.53 Å². The number of methoxy groups -OCH3 is 1. The molecular formula is C28H36N4O2. The molecule has 34 heavy (non-hydrogen) atoms. The minimum Gasteiger partial charge on any atom is -0.452 e. The largest absolute Gasteiger partial charge is 0.452 e. The first-order valence-corrected chi connectivity index (χ1v) is 12.7. The Kier molecular flexibility index (Phi) is 6.59. The van der Waals surface area contributed by atoms with Crippen LogP contribution in [0.5, 0.6) is 0 Å². The number of rotatable bonds is 4. The Balaban J connectivity index is 1.64. The van der Waals surface area contributed by atoms with Crippen LogP contribution in [0.4, 0.5) is 10.5 Å². The Morgan fingerprint density at radius 1 is 1.15 bits per heavy atom. The minimum atomic E-state index is -0.292. The van der Waals surface area contributed by atoms with E-state index in [0.29, 0.717) is 12.0 Å². The van der Waals surface area contributed by atoms with E-state index >= 15 is 0 Å². The average molecular weight is 461 g/mol. The molecule has 1 saturated heterocycles. The van der Waals surface area contributed by atoms with Gasteiger partial charge in [0.1, 0.15) is 5.82 Å². The molecule has 6 heteroatoms. The van der Waals surface area contributed by atoms with Crippen molar-refractivity contribution in [2.45, 2.75) is 70.4 Å². The van der Waals surface area contributed by atoms with Crippen molar-refractivity contribution >= 4 is 22.8 Å². The van der Waals surface area contributed by atoms with E-state index < -0.39 is 0 Å². The fraction of sp³-hybridized carbons (Fsp3) is 0.500. The highest BCUT2D eigenvalue weighted by Gasteiger charge is 2.32. The van der Waals surface area contributed by atoms with Crippen molar-refractivity contribution in [1.82, 2.24) is 14.9 Å².